The van der Waals surface area contributed by atoms with Gasteiger partial charge in [-0.1, -0.05) is 43.4 Å². The van der Waals surface area contributed by atoms with Gasteiger partial charge in [0, 0.05) is 18.3 Å². The molecular weight excluding hydrogens is 280 g/mol. The van der Waals surface area contributed by atoms with Gasteiger partial charge in [0.15, 0.2) is 0 Å². The van der Waals surface area contributed by atoms with Crippen LogP contribution in [0.4, 0.5) is 5.69 Å². The van der Waals surface area contributed by atoms with E-state index < -0.39 is 0 Å². The van der Waals surface area contributed by atoms with Gasteiger partial charge in [0.2, 0.25) is 0 Å². The minimum Gasteiger partial charge on any atom is -0.365 e. The third-order valence-electron chi connectivity index (χ3n) is 4.18. The number of hydrogen-bond donors (Lipinski definition) is 1. The third kappa shape index (κ3) is 6.62. The highest BCUT2D eigenvalue weighted by molar-refractivity contribution is 5.55. The van der Waals surface area contributed by atoms with Crippen LogP contribution in [0.25, 0.3) is 0 Å². The monoisotopic (exact) mass is 314 g/mol. The topological polar surface area (TPSA) is 15.3 Å². The van der Waals surface area contributed by atoms with Gasteiger partial charge >= 0.3 is 0 Å². The third-order valence-corrected chi connectivity index (χ3v) is 4.18. The van der Waals surface area contributed by atoms with Gasteiger partial charge in [-0.3, -0.25) is 0 Å². The minimum atomic E-state index is 0.403. The van der Waals surface area contributed by atoms with Gasteiger partial charge in [0.25, 0.3) is 0 Å². The van der Waals surface area contributed by atoms with E-state index in [-0.39, 0.29) is 0 Å². The van der Waals surface area contributed by atoms with Gasteiger partial charge < -0.3 is 10.2 Å². The largest absolute Gasteiger partial charge is 0.365 e. The number of nitrogens with one attached hydrogen (secondary N) is 1. The maximum atomic E-state index is 3.84. The molecule has 0 aliphatic carbocycles. The molecule has 0 aliphatic rings. The van der Waals surface area contributed by atoms with E-state index in [4.69, 9.17) is 0 Å². The fraction of sp³-hybridized carbons (Fsp3) is 0.524. The van der Waals surface area contributed by atoms with E-state index in [0.717, 1.165) is 25.9 Å². The molecule has 2 atom stereocenters. The van der Waals surface area contributed by atoms with Gasteiger partial charge in [0.1, 0.15) is 0 Å². The van der Waals surface area contributed by atoms with Crippen molar-refractivity contribution >= 4 is 5.69 Å². The molecular formula is C21H34N2. The molecule has 0 radical (unpaired) electrons. The average Bonchev–Trinajstić information content (AvgIpc) is 2.54. The summed E-state index contributed by atoms with van der Waals surface area (Å²) in [6.07, 6.45) is 9.81. The summed E-state index contributed by atoms with van der Waals surface area (Å²) in [5, 5.41) is 3.30. The van der Waals surface area contributed by atoms with Gasteiger partial charge in [-0.05, 0) is 64.3 Å². The van der Waals surface area contributed by atoms with Gasteiger partial charge in [-0.2, -0.15) is 0 Å². The fourth-order valence-corrected chi connectivity index (χ4v) is 3.05. The molecule has 0 spiro atoms. The molecule has 0 saturated carbocycles. The van der Waals surface area contributed by atoms with Crippen LogP contribution in [-0.4, -0.2) is 26.2 Å². The Labute approximate surface area is 143 Å². The number of benzene rings is 1. The summed E-state index contributed by atoms with van der Waals surface area (Å²) in [6, 6.07) is 9.26. The van der Waals surface area contributed by atoms with Crippen molar-refractivity contribution in [3.63, 3.8) is 0 Å². The van der Waals surface area contributed by atoms with E-state index in [2.05, 4.69) is 74.0 Å². The minimum absolute atomic E-state index is 0.403. The van der Waals surface area contributed by atoms with Crippen molar-refractivity contribution in [2.24, 2.45) is 5.92 Å². The summed E-state index contributed by atoms with van der Waals surface area (Å²) in [6.45, 7) is 12.6. The van der Waals surface area contributed by atoms with Crippen molar-refractivity contribution in [3.05, 3.63) is 54.6 Å². The molecule has 0 saturated heterocycles. The maximum Gasteiger partial charge on any atom is 0.0444 e. The standard InChI is InChI=1S/C21H34N2/c1-6-8-9-13-20-14-10-11-15-21(20)23(19(4)12-7-2)17-18(3)16-22-5/h6-7,10-12,14-15,18-19,22H,1,8-9,13,16-17H2,2-5H3/b12-7-. The van der Waals surface area contributed by atoms with Crippen LogP contribution in [0.3, 0.4) is 0 Å². The molecule has 1 rings (SSSR count). The Bertz CT molecular complexity index is 478. The van der Waals surface area contributed by atoms with Crippen LogP contribution in [0.2, 0.25) is 0 Å². The fourth-order valence-electron chi connectivity index (χ4n) is 3.05. The molecule has 0 amide bonds. The lowest BCUT2D eigenvalue weighted by atomic mass is 10.0. The van der Waals surface area contributed by atoms with Crippen molar-refractivity contribution in [2.75, 3.05) is 25.0 Å². The number of allylic oxidation sites excluding steroid dienone is 2. The van der Waals surface area contributed by atoms with Crippen LogP contribution in [0.5, 0.6) is 0 Å². The van der Waals surface area contributed by atoms with Crippen LogP contribution in [0, 0.1) is 5.92 Å². The smallest absolute Gasteiger partial charge is 0.0444 e. The Morgan fingerprint density at radius 2 is 2.00 bits per heavy atom. The van der Waals surface area contributed by atoms with Crippen molar-refractivity contribution in [3.8, 4) is 0 Å². The molecule has 2 heteroatoms. The van der Waals surface area contributed by atoms with Crippen LogP contribution >= 0.6 is 0 Å². The first kappa shape index (κ1) is 19.5. The number of para-hydroxylation sites is 1. The second kappa shape index (κ2) is 11.1. The summed E-state index contributed by atoms with van der Waals surface area (Å²) in [5.74, 6) is 0.605. The van der Waals surface area contributed by atoms with Gasteiger partial charge in [0.05, 0.1) is 0 Å². The quantitative estimate of drug-likeness (QED) is 0.465. The highest BCUT2D eigenvalue weighted by atomic mass is 15.2. The van der Waals surface area contributed by atoms with E-state index in [1.54, 1.807) is 0 Å². The van der Waals surface area contributed by atoms with Crippen molar-refractivity contribution < 1.29 is 0 Å². The number of unbranched alkanes of at least 4 members (excludes halogenated alkanes) is 1. The molecule has 0 aromatic heterocycles. The van der Waals surface area contributed by atoms with E-state index in [1.807, 2.05) is 13.1 Å². The van der Waals surface area contributed by atoms with E-state index in [9.17, 15) is 0 Å². The summed E-state index contributed by atoms with van der Waals surface area (Å²) in [4.78, 5) is 2.55. The first-order valence-electron chi connectivity index (χ1n) is 8.86. The van der Waals surface area contributed by atoms with Crippen molar-refractivity contribution in [1.29, 1.82) is 0 Å². The zero-order valence-corrected chi connectivity index (χ0v) is 15.4. The predicted molar refractivity (Wildman–Crippen MR) is 104 cm³/mol. The summed E-state index contributed by atoms with van der Waals surface area (Å²) in [7, 11) is 2.03. The second-order valence-electron chi connectivity index (χ2n) is 6.39. The van der Waals surface area contributed by atoms with Crippen molar-refractivity contribution in [1.82, 2.24) is 5.32 Å². The molecule has 1 aromatic rings. The molecule has 2 unspecified atom stereocenters. The Kier molecular flexibility index (Phi) is 9.39. The summed E-state index contributed by atoms with van der Waals surface area (Å²) in [5.41, 5.74) is 2.83. The Morgan fingerprint density at radius 1 is 1.26 bits per heavy atom. The zero-order chi connectivity index (χ0) is 17.1. The van der Waals surface area contributed by atoms with Crippen LogP contribution in [-0.2, 0) is 6.42 Å². The van der Waals surface area contributed by atoms with E-state index >= 15 is 0 Å². The van der Waals surface area contributed by atoms with Crippen LogP contribution in [0.1, 0.15) is 39.2 Å². The molecule has 128 valence electrons. The van der Waals surface area contributed by atoms with E-state index in [0.29, 0.717) is 12.0 Å². The van der Waals surface area contributed by atoms with Crippen molar-refractivity contribution in [2.45, 2.75) is 46.1 Å². The zero-order valence-electron chi connectivity index (χ0n) is 15.4. The lowest BCUT2D eigenvalue weighted by Crippen LogP contribution is -2.38. The number of aryl methyl sites for hydroxylation is 1. The molecule has 1 aromatic carbocycles. The van der Waals surface area contributed by atoms with Gasteiger partial charge in [-0.25, -0.2) is 0 Å². The number of hydrogen-bond acceptors (Lipinski definition) is 2. The van der Waals surface area contributed by atoms with Crippen LogP contribution in [0.15, 0.2) is 49.1 Å². The lowest BCUT2D eigenvalue weighted by molar-refractivity contribution is 0.517. The molecule has 1 N–H and O–H groups in total. The number of nitrogens with zero attached hydrogens (tertiary/aromatic N) is 1. The summed E-state index contributed by atoms with van der Waals surface area (Å²) >= 11 is 0. The number of rotatable bonds is 11. The Balaban J connectivity index is 3.02. The van der Waals surface area contributed by atoms with Crippen LogP contribution < -0.4 is 10.2 Å². The highest BCUT2D eigenvalue weighted by Gasteiger charge is 2.17. The number of anilines is 1. The lowest BCUT2D eigenvalue weighted by Gasteiger charge is -2.34. The SMILES string of the molecule is C=CCCCc1ccccc1N(CC(C)CNC)C(C)/C=C\C. The maximum absolute atomic E-state index is 3.84. The summed E-state index contributed by atoms with van der Waals surface area (Å²) < 4.78 is 0. The molecule has 0 fully saturated rings. The molecule has 0 bridgehead atoms. The average molecular weight is 315 g/mol. The normalized spacial score (nSPS) is 13.9. The first-order valence-corrected chi connectivity index (χ1v) is 8.86. The molecule has 23 heavy (non-hydrogen) atoms. The predicted octanol–water partition coefficient (Wildman–Crippen LogP) is 4.82. The molecule has 0 aliphatic heterocycles. The van der Waals surface area contributed by atoms with Gasteiger partial charge in [-0.15, -0.1) is 6.58 Å². The highest BCUT2D eigenvalue weighted by Crippen LogP contribution is 2.25. The first-order chi connectivity index (χ1) is 11.1. The second-order valence-corrected chi connectivity index (χ2v) is 6.39. The Morgan fingerprint density at radius 3 is 2.65 bits per heavy atom. The molecule has 2 nitrogen and oxygen atoms in total. The Hall–Kier alpha value is -1.54. The van der Waals surface area contributed by atoms with E-state index in [1.165, 1.54) is 17.7 Å². The molecule has 0 heterocycles.